The van der Waals surface area contributed by atoms with Crippen LogP contribution >= 0.6 is 11.8 Å². The van der Waals surface area contributed by atoms with Crippen molar-refractivity contribution in [3.63, 3.8) is 0 Å². The molecule has 2 heteroatoms. The zero-order valence-corrected chi connectivity index (χ0v) is 14.6. The highest BCUT2D eigenvalue weighted by atomic mass is 32.2. The summed E-state index contributed by atoms with van der Waals surface area (Å²) < 4.78 is 5.75. The Bertz CT molecular complexity index is 384. The third-order valence-corrected chi connectivity index (χ3v) is 4.27. The standard InChI is InChI=1S/C19H30OS/c1-4-5-14-19(21-17(2)3)16-20-15-10-9-13-18-11-7-6-8-12-18/h6-8,11-12,16-17H,4-5,9-10,13-15H2,1-3H3/b19-16-. The summed E-state index contributed by atoms with van der Waals surface area (Å²) in [6.07, 6.45) is 9.12. The SMILES string of the molecule is CCCC/C(=C/OCCCCc1ccccc1)SC(C)C. The van der Waals surface area contributed by atoms with E-state index in [1.807, 2.05) is 18.0 Å². The van der Waals surface area contributed by atoms with Crippen LogP contribution in [0.25, 0.3) is 0 Å². The summed E-state index contributed by atoms with van der Waals surface area (Å²) in [6.45, 7) is 7.55. The zero-order valence-electron chi connectivity index (χ0n) is 13.8. The lowest BCUT2D eigenvalue weighted by molar-refractivity contribution is 0.240. The van der Waals surface area contributed by atoms with Crippen LogP contribution in [-0.4, -0.2) is 11.9 Å². The largest absolute Gasteiger partial charge is 0.500 e. The Morgan fingerprint density at radius 3 is 2.57 bits per heavy atom. The Kier molecular flexibility index (Phi) is 10.1. The van der Waals surface area contributed by atoms with Crippen LogP contribution in [0.1, 0.15) is 58.4 Å². The highest BCUT2D eigenvalue weighted by Gasteiger charge is 2.02. The van der Waals surface area contributed by atoms with Crippen molar-refractivity contribution in [2.75, 3.05) is 6.61 Å². The van der Waals surface area contributed by atoms with Gasteiger partial charge in [-0.2, -0.15) is 0 Å². The summed E-state index contributed by atoms with van der Waals surface area (Å²) in [5.74, 6) is 0. The number of aryl methyl sites for hydroxylation is 1. The molecular formula is C19H30OS. The van der Waals surface area contributed by atoms with Gasteiger partial charge in [-0.05, 0) is 37.7 Å². The van der Waals surface area contributed by atoms with Gasteiger partial charge in [0.15, 0.2) is 0 Å². The van der Waals surface area contributed by atoms with Crippen molar-refractivity contribution in [2.24, 2.45) is 0 Å². The third-order valence-electron chi connectivity index (χ3n) is 3.20. The van der Waals surface area contributed by atoms with Gasteiger partial charge in [0, 0.05) is 10.2 Å². The molecule has 0 aliphatic heterocycles. The molecule has 1 nitrogen and oxygen atoms in total. The van der Waals surface area contributed by atoms with Gasteiger partial charge >= 0.3 is 0 Å². The normalized spacial score (nSPS) is 11.9. The monoisotopic (exact) mass is 306 g/mol. The van der Waals surface area contributed by atoms with Gasteiger partial charge in [0.2, 0.25) is 0 Å². The van der Waals surface area contributed by atoms with Crippen molar-refractivity contribution >= 4 is 11.8 Å². The number of ether oxygens (including phenoxy) is 1. The molecule has 0 fully saturated rings. The van der Waals surface area contributed by atoms with E-state index in [0.29, 0.717) is 5.25 Å². The van der Waals surface area contributed by atoms with Crippen LogP contribution in [0.2, 0.25) is 0 Å². The molecule has 0 saturated carbocycles. The fourth-order valence-corrected chi connectivity index (χ4v) is 3.10. The predicted molar refractivity (Wildman–Crippen MR) is 95.7 cm³/mol. The molecule has 0 aliphatic carbocycles. The molecular weight excluding hydrogens is 276 g/mol. The summed E-state index contributed by atoms with van der Waals surface area (Å²) >= 11 is 1.94. The van der Waals surface area contributed by atoms with E-state index >= 15 is 0 Å². The Morgan fingerprint density at radius 2 is 1.90 bits per heavy atom. The molecule has 0 saturated heterocycles. The molecule has 0 radical (unpaired) electrons. The second-order valence-corrected chi connectivity index (χ2v) is 7.37. The van der Waals surface area contributed by atoms with Gasteiger partial charge in [-0.15, -0.1) is 11.8 Å². The fraction of sp³-hybridized carbons (Fsp3) is 0.579. The number of rotatable bonds is 11. The molecule has 0 N–H and O–H groups in total. The third kappa shape index (κ3) is 9.62. The minimum atomic E-state index is 0.634. The van der Waals surface area contributed by atoms with E-state index in [-0.39, 0.29) is 0 Å². The average Bonchev–Trinajstić information content (AvgIpc) is 2.48. The van der Waals surface area contributed by atoms with E-state index in [4.69, 9.17) is 4.74 Å². The van der Waals surface area contributed by atoms with E-state index in [0.717, 1.165) is 25.9 Å². The smallest absolute Gasteiger partial charge is 0.0923 e. The van der Waals surface area contributed by atoms with Crippen LogP contribution in [0.5, 0.6) is 0 Å². The topological polar surface area (TPSA) is 9.23 Å². The molecule has 0 unspecified atom stereocenters. The summed E-state index contributed by atoms with van der Waals surface area (Å²) in [6, 6.07) is 10.7. The average molecular weight is 307 g/mol. The highest BCUT2D eigenvalue weighted by Crippen LogP contribution is 2.26. The summed E-state index contributed by atoms with van der Waals surface area (Å²) in [4.78, 5) is 1.40. The maximum absolute atomic E-state index is 5.75. The number of unbranched alkanes of at least 4 members (excludes halogenated alkanes) is 2. The molecule has 1 aromatic carbocycles. The lowest BCUT2D eigenvalue weighted by Gasteiger charge is -2.10. The summed E-state index contributed by atoms with van der Waals surface area (Å²) in [5, 5.41) is 0.634. The Balaban J connectivity index is 2.18. The second-order valence-electron chi connectivity index (χ2n) is 5.67. The first kappa shape index (κ1) is 18.2. The molecule has 0 aromatic heterocycles. The maximum atomic E-state index is 5.75. The predicted octanol–water partition coefficient (Wildman–Crippen LogP) is 6.20. The van der Waals surface area contributed by atoms with E-state index in [1.165, 1.54) is 29.7 Å². The Hall–Kier alpha value is -0.890. The maximum Gasteiger partial charge on any atom is 0.0923 e. The molecule has 1 rings (SSSR count). The van der Waals surface area contributed by atoms with Crippen LogP contribution < -0.4 is 0 Å². The highest BCUT2D eigenvalue weighted by molar-refractivity contribution is 8.03. The summed E-state index contributed by atoms with van der Waals surface area (Å²) in [5.41, 5.74) is 1.42. The van der Waals surface area contributed by atoms with Gasteiger partial charge < -0.3 is 4.74 Å². The van der Waals surface area contributed by atoms with Crippen LogP contribution in [0.3, 0.4) is 0 Å². The number of benzene rings is 1. The molecule has 118 valence electrons. The number of hydrogen-bond donors (Lipinski definition) is 0. The Morgan fingerprint density at radius 1 is 1.14 bits per heavy atom. The first-order valence-electron chi connectivity index (χ1n) is 8.23. The molecule has 0 atom stereocenters. The molecule has 0 bridgehead atoms. The first-order chi connectivity index (χ1) is 10.2. The minimum absolute atomic E-state index is 0.634. The molecule has 0 amide bonds. The van der Waals surface area contributed by atoms with Crippen molar-refractivity contribution in [2.45, 2.75) is 64.5 Å². The second kappa shape index (κ2) is 11.7. The fourth-order valence-electron chi connectivity index (χ4n) is 2.11. The lowest BCUT2D eigenvalue weighted by atomic mass is 10.1. The van der Waals surface area contributed by atoms with Crippen LogP contribution in [0.4, 0.5) is 0 Å². The van der Waals surface area contributed by atoms with Gasteiger partial charge in [0.25, 0.3) is 0 Å². The quantitative estimate of drug-likeness (QED) is 0.355. The number of thioether (sulfide) groups is 1. The van der Waals surface area contributed by atoms with Crippen LogP contribution in [-0.2, 0) is 11.2 Å². The van der Waals surface area contributed by atoms with Gasteiger partial charge in [0.1, 0.15) is 0 Å². The summed E-state index contributed by atoms with van der Waals surface area (Å²) in [7, 11) is 0. The van der Waals surface area contributed by atoms with Crippen LogP contribution in [0.15, 0.2) is 41.5 Å². The van der Waals surface area contributed by atoms with E-state index in [9.17, 15) is 0 Å². The van der Waals surface area contributed by atoms with Gasteiger partial charge in [-0.3, -0.25) is 0 Å². The van der Waals surface area contributed by atoms with Crippen molar-refractivity contribution < 1.29 is 4.74 Å². The molecule has 0 spiro atoms. The number of allylic oxidation sites excluding steroid dienone is 1. The Labute approximate surface area is 135 Å². The van der Waals surface area contributed by atoms with E-state index in [1.54, 1.807) is 0 Å². The van der Waals surface area contributed by atoms with Gasteiger partial charge in [-0.25, -0.2) is 0 Å². The lowest BCUT2D eigenvalue weighted by Crippen LogP contribution is -1.94. The minimum Gasteiger partial charge on any atom is -0.500 e. The van der Waals surface area contributed by atoms with Gasteiger partial charge in [-0.1, -0.05) is 57.5 Å². The molecule has 0 heterocycles. The first-order valence-corrected chi connectivity index (χ1v) is 9.11. The molecule has 0 aliphatic rings. The van der Waals surface area contributed by atoms with E-state index < -0.39 is 0 Å². The van der Waals surface area contributed by atoms with Crippen molar-refractivity contribution in [3.05, 3.63) is 47.1 Å². The van der Waals surface area contributed by atoms with Crippen LogP contribution in [0, 0.1) is 0 Å². The van der Waals surface area contributed by atoms with Crippen molar-refractivity contribution in [1.82, 2.24) is 0 Å². The molecule has 21 heavy (non-hydrogen) atoms. The van der Waals surface area contributed by atoms with Gasteiger partial charge in [0.05, 0.1) is 12.9 Å². The molecule has 1 aromatic rings. The zero-order chi connectivity index (χ0) is 15.3. The van der Waals surface area contributed by atoms with Crippen molar-refractivity contribution in [3.8, 4) is 0 Å². The van der Waals surface area contributed by atoms with Crippen molar-refractivity contribution in [1.29, 1.82) is 0 Å². The number of hydrogen-bond acceptors (Lipinski definition) is 2. The van der Waals surface area contributed by atoms with E-state index in [2.05, 4.69) is 51.1 Å².